The Hall–Kier alpha value is -0.110. The van der Waals surface area contributed by atoms with Crippen LogP contribution < -0.4 is 4.74 Å². The van der Waals surface area contributed by atoms with E-state index in [0.717, 1.165) is 5.75 Å². The van der Waals surface area contributed by atoms with E-state index in [4.69, 9.17) is 39.5 Å². The Bertz CT molecular complexity index is 282. The van der Waals surface area contributed by atoms with Gasteiger partial charge in [0.1, 0.15) is 5.75 Å². The first-order chi connectivity index (χ1) is 7.00. The zero-order valence-corrected chi connectivity index (χ0v) is 10.7. The van der Waals surface area contributed by atoms with Crippen LogP contribution in [0.25, 0.3) is 0 Å². The number of rotatable bonds is 4. The van der Waals surface area contributed by atoms with E-state index in [2.05, 4.69) is 0 Å². The van der Waals surface area contributed by atoms with Crippen molar-refractivity contribution in [3.63, 3.8) is 0 Å². The minimum absolute atomic E-state index is 0.0220. The number of halogens is 3. The monoisotopic (exact) mass is 266 g/mol. The SMILES string of the molecule is CC(CCOc1ccccc1)C(Cl)(Cl)Cl. The normalized spacial score (nSPS) is 13.6. The van der Waals surface area contributed by atoms with Crippen LogP contribution in [0.4, 0.5) is 0 Å². The first-order valence-electron chi connectivity index (χ1n) is 4.74. The predicted octanol–water partition coefficient (Wildman–Crippen LogP) is 4.46. The second kappa shape index (κ2) is 5.83. The standard InChI is InChI=1S/C11H13Cl3O/c1-9(11(12,13)14)7-8-15-10-5-3-2-4-6-10/h2-6,9H,7-8H2,1H3. The van der Waals surface area contributed by atoms with E-state index in [0.29, 0.717) is 13.0 Å². The minimum Gasteiger partial charge on any atom is -0.494 e. The molecule has 0 aliphatic carbocycles. The van der Waals surface area contributed by atoms with Gasteiger partial charge in [-0.15, -0.1) is 0 Å². The Kier molecular flexibility index (Phi) is 5.04. The molecule has 1 atom stereocenters. The molecule has 0 amide bonds. The number of para-hydroxylation sites is 1. The second-order valence-corrected chi connectivity index (χ2v) is 5.76. The molecule has 0 spiro atoms. The summed E-state index contributed by atoms with van der Waals surface area (Å²) in [6.45, 7) is 2.44. The molecule has 0 fully saturated rings. The summed E-state index contributed by atoms with van der Waals surface area (Å²) >= 11 is 17.2. The molecular formula is C11H13Cl3O. The van der Waals surface area contributed by atoms with Crippen LogP contribution in [0, 0.1) is 5.92 Å². The van der Waals surface area contributed by atoms with Gasteiger partial charge in [0.15, 0.2) is 3.79 Å². The van der Waals surface area contributed by atoms with Gasteiger partial charge in [-0.3, -0.25) is 0 Å². The van der Waals surface area contributed by atoms with Crippen LogP contribution in [0.2, 0.25) is 0 Å². The summed E-state index contributed by atoms with van der Waals surface area (Å²) in [7, 11) is 0. The van der Waals surface area contributed by atoms with Gasteiger partial charge in [-0.05, 0) is 18.6 Å². The number of benzene rings is 1. The van der Waals surface area contributed by atoms with E-state index in [9.17, 15) is 0 Å². The molecule has 15 heavy (non-hydrogen) atoms. The average Bonchev–Trinajstić information content (AvgIpc) is 2.18. The van der Waals surface area contributed by atoms with Crippen LogP contribution >= 0.6 is 34.8 Å². The minimum atomic E-state index is -1.21. The lowest BCUT2D eigenvalue weighted by molar-refractivity contribution is 0.284. The van der Waals surface area contributed by atoms with Gasteiger partial charge in [0, 0.05) is 5.92 Å². The van der Waals surface area contributed by atoms with Crippen molar-refractivity contribution in [2.75, 3.05) is 6.61 Å². The van der Waals surface area contributed by atoms with Crippen LogP contribution in [0.1, 0.15) is 13.3 Å². The van der Waals surface area contributed by atoms with E-state index < -0.39 is 3.79 Å². The van der Waals surface area contributed by atoms with E-state index in [1.165, 1.54) is 0 Å². The van der Waals surface area contributed by atoms with Crippen molar-refractivity contribution < 1.29 is 4.74 Å². The maximum atomic E-state index is 5.74. The zero-order chi connectivity index (χ0) is 11.3. The molecule has 0 saturated heterocycles. The van der Waals surface area contributed by atoms with E-state index in [1.807, 2.05) is 37.3 Å². The highest BCUT2D eigenvalue weighted by Crippen LogP contribution is 2.36. The largest absolute Gasteiger partial charge is 0.494 e. The van der Waals surface area contributed by atoms with Crippen LogP contribution in [0.3, 0.4) is 0 Å². The third-order valence-electron chi connectivity index (χ3n) is 2.12. The highest BCUT2D eigenvalue weighted by atomic mass is 35.6. The first-order valence-corrected chi connectivity index (χ1v) is 5.88. The summed E-state index contributed by atoms with van der Waals surface area (Å²) in [6, 6.07) is 9.60. The summed E-state index contributed by atoms with van der Waals surface area (Å²) in [6.07, 6.45) is 0.714. The first kappa shape index (κ1) is 13.0. The van der Waals surface area contributed by atoms with Crippen molar-refractivity contribution in [2.45, 2.75) is 17.1 Å². The Labute approximate surface area is 105 Å². The Morgan fingerprint density at radius 3 is 2.33 bits per heavy atom. The molecule has 1 unspecified atom stereocenters. The summed E-state index contributed by atoms with van der Waals surface area (Å²) in [5, 5.41) is 0. The second-order valence-electron chi connectivity index (χ2n) is 3.39. The molecule has 1 aromatic carbocycles. The molecular weight excluding hydrogens is 254 g/mol. The number of hydrogen-bond donors (Lipinski definition) is 0. The fourth-order valence-corrected chi connectivity index (χ4v) is 1.36. The predicted molar refractivity (Wildman–Crippen MR) is 66.0 cm³/mol. The highest BCUT2D eigenvalue weighted by Gasteiger charge is 2.28. The van der Waals surface area contributed by atoms with E-state index >= 15 is 0 Å². The van der Waals surface area contributed by atoms with Gasteiger partial charge in [0.05, 0.1) is 6.61 Å². The van der Waals surface area contributed by atoms with Crippen molar-refractivity contribution in [1.82, 2.24) is 0 Å². The van der Waals surface area contributed by atoms with Gasteiger partial charge < -0.3 is 4.74 Å². The van der Waals surface area contributed by atoms with Crippen molar-refractivity contribution in [3.05, 3.63) is 30.3 Å². The fourth-order valence-electron chi connectivity index (χ4n) is 1.03. The van der Waals surface area contributed by atoms with Crippen LogP contribution in [-0.4, -0.2) is 10.4 Å². The number of alkyl halides is 3. The van der Waals surface area contributed by atoms with Gasteiger partial charge in [0.25, 0.3) is 0 Å². The van der Waals surface area contributed by atoms with E-state index in [-0.39, 0.29) is 5.92 Å². The van der Waals surface area contributed by atoms with Crippen molar-refractivity contribution in [3.8, 4) is 5.75 Å². The van der Waals surface area contributed by atoms with Gasteiger partial charge in [-0.25, -0.2) is 0 Å². The maximum Gasteiger partial charge on any atom is 0.193 e. The molecule has 0 saturated carbocycles. The molecule has 4 heteroatoms. The quantitative estimate of drug-likeness (QED) is 0.732. The zero-order valence-electron chi connectivity index (χ0n) is 8.42. The summed E-state index contributed by atoms with van der Waals surface area (Å²) < 4.78 is 4.29. The molecule has 0 heterocycles. The Morgan fingerprint density at radius 2 is 1.80 bits per heavy atom. The van der Waals surface area contributed by atoms with Crippen LogP contribution in [-0.2, 0) is 0 Å². The van der Waals surface area contributed by atoms with E-state index in [1.54, 1.807) is 0 Å². The molecule has 1 aromatic rings. The molecule has 1 nitrogen and oxygen atoms in total. The lowest BCUT2D eigenvalue weighted by Gasteiger charge is -2.19. The number of hydrogen-bond acceptors (Lipinski definition) is 1. The topological polar surface area (TPSA) is 9.23 Å². The molecule has 0 radical (unpaired) electrons. The van der Waals surface area contributed by atoms with Crippen LogP contribution in [0.15, 0.2) is 30.3 Å². The summed E-state index contributed by atoms with van der Waals surface area (Å²) in [5.74, 6) is 0.820. The third-order valence-corrected chi connectivity index (χ3v) is 3.24. The molecule has 0 aromatic heterocycles. The fraction of sp³-hybridized carbons (Fsp3) is 0.455. The third kappa shape index (κ3) is 4.96. The molecule has 0 aliphatic heterocycles. The van der Waals surface area contributed by atoms with Crippen molar-refractivity contribution in [1.29, 1.82) is 0 Å². The molecule has 0 bridgehead atoms. The molecule has 1 rings (SSSR count). The Morgan fingerprint density at radius 1 is 1.20 bits per heavy atom. The Balaban J connectivity index is 2.28. The van der Waals surface area contributed by atoms with Crippen molar-refractivity contribution in [2.24, 2.45) is 5.92 Å². The summed E-state index contributed by atoms with van der Waals surface area (Å²) in [4.78, 5) is 0. The number of ether oxygens (including phenoxy) is 1. The van der Waals surface area contributed by atoms with Crippen molar-refractivity contribution >= 4 is 34.8 Å². The lowest BCUT2D eigenvalue weighted by atomic mass is 10.1. The highest BCUT2D eigenvalue weighted by molar-refractivity contribution is 6.67. The average molecular weight is 268 g/mol. The summed E-state index contributed by atoms with van der Waals surface area (Å²) in [5.41, 5.74) is 0. The molecule has 0 N–H and O–H groups in total. The molecule has 0 aliphatic rings. The van der Waals surface area contributed by atoms with Gasteiger partial charge >= 0.3 is 0 Å². The molecule has 84 valence electrons. The maximum absolute atomic E-state index is 5.74. The van der Waals surface area contributed by atoms with Crippen LogP contribution in [0.5, 0.6) is 5.75 Å². The smallest absolute Gasteiger partial charge is 0.193 e. The van der Waals surface area contributed by atoms with Gasteiger partial charge in [-0.1, -0.05) is 59.9 Å². The van der Waals surface area contributed by atoms with Gasteiger partial charge in [-0.2, -0.15) is 0 Å². The van der Waals surface area contributed by atoms with Gasteiger partial charge in [0.2, 0.25) is 0 Å². The lowest BCUT2D eigenvalue weighted by Crippen LogP contribution is -2.18.